The van der Waals surface area contributed by atoms with Crippen LogP contribution in [0.25, 0.3) is 0 Å². The van der Waals surface area contributed by atoms with Gasteiger partial charge in [0.05, 0.1) is 6.10 Å². The van der Waals surface area contributed by atoms with E-state index in [2.05, 4.69) is 47.7 Å². The van der Waals surface area contributed by atoms with E-state index in [0.717, 1.165) is 37.7 Å². The third-order valence-electron chi connectivity index (χ3n) is 12.8. The van der Waals surface area contributed by atoms with Crippen molar-refractivity contribution < 1.29 is 19.4 Å². The van der Waals surface area contributed by atoms with Gasteiger partial charge in [-0.15, -0.1) is 0 Å². The number of aromatic hydroxyl groups is 2. The zero-order chi connectivity index (χ0) is 28.4. The SMILES string of the molecule is CC(C)(C)[Si](C)(C)OC1CC[C@H]2[C@@H]3C(CCCc4cc(O)cc(O)c4)CC4CC(=O)CC[C@]4(C)[C@@H]3CC[C@]12C. The number of hydrogen-bond donors (Lipinski definition) is 2. The smallest absolute Gasteiger partial charge is 0.192 e. The van der Waals surface area contributed by atoms with E-state index in [1.54, 1.807) is 12.1 Å². The van der Waals surface area contributed by atoms with E-state index < -0.39 is 8.32 Å². The maximum absolute atomic E-state index is 12.6. The fourth-order valence-electron chi connectivity index (χ4n) is 9.57. The standard InChI is InChI=1S/C34H54O4Si/c1-32(2,3)39(6,7)38-30-12-11-28-31-23(10-8-9-22-17-26(36)21-27(37)18-22)19-24-20-25(35)13-15-33(24,4)29(31)14-16-34(28,30)5/h17-18,21,23-24,28-31,36-37H,8-16,19-20H2,1-7H3/t23?,24?,28-,29+,30?,31-,33-,34-/m0/s1. The van der Waals surface area contributed by atoms with Crippen molar-refractivity contribution in [2.24, 2.45) is 40.4 Å². The highest BCUT2D eigenvalue weighted by Crippen LogP contribution is 2.68. The number of fused-ring (bicyclic) bond motifs is 5. The number of phenols is 2. The molecule has 2 N–H and O–H groups in total. The molecule has 4 nitrogen and oxygen atoms in total. The minimum Gasteiger partial charge on any atom is -0.508 e. The van der Waals surface area contributed by atoms with Crippen molar-refractivity contribution in [1.82, 2.24) is 0 Å². The first kappa shape index (κ1) is 29.2. The Morgan fingerprint density at radius 2 is 1.64 bits per heavy atom. The molecule has 39 heavy (non-hydrogen) atoms. The van der Waals surface area contributed by atoms with Crippen molar-refractivity contribution in [2.75, 3.05) is 0 Å². The molecule has 0 radical (unpaired) electrons. The van der Waals surface area contributed by atoms with Crippen LogP contribution in [0.1, 0.15) is 104 Å². The van der Waals surface area contributed by atoms with Crippen molar-refractivity contribution in [2.45, 2.75) is 129 Å². The quantitative estimate of drug-likeness (QED) is 0.345. The van der Waals surface area contributed by atoms with E-state index in [4.69, 9.17) is 4.43 Å². The molecule has 0 aromatic heterocycles. The van der Waals surface area contributed by atoms with Gasteiger partial charge in [-0.2, -0.15) is 0 Å². The molecular formula is C34H54O4Si. The van der Waals surface area contributed by atoms with Crippen LogP contribution in [0.4, 0.5) is 0 Å². The van der Waals surface area contributed by atoms with Crippen LogP contribution in [0.15, 0.2) is 18.2 Å². The molecule has 4 aliphatic carbocycles. The summed E-state index contributed by atoms with van der Waals surface area (Å²) in [7, 11) is -1.85. The van der Waals surface area contributed by atoms with E-state index in [1.165, 1.54) is 44.6 Å². The normalized spacial score (nSPS) is 38.7. The maximum Gasteiger partial charge on any atom is 0.192 e. The topological polar surface area (TPSA) is 66.8 Å². The fraction of sp³-hybridized carbons (Fsp3) is 0.794. The van der Waals surface area contributed by atoms with Crippen molar-refractivity contribution in [3.05, 3.63) is 23.8 Å². The number of benzene rings is 1. The second-order valence-corrected chi connectivity index (χ2v) is 20.7. The fourth-order valence-corrected chi connectivity index (χ4v) is 11.0. The Balaban J connectivity index is 1.40. The van der Waals surface area contributed by atoms with Gasteiger partial charge in [0.2, 0.25) is 0 Å². The number of carbonyl (C=O) groups excluding carboxylic acids is 1. The lowest BCUT2D eigenvalue weighted by Gasteiger charge is -2.63. The molecule has 0 bridgehead atoms. The third kappa shape index (κ3) is 5.24. The maximum atomic E-state index is 12.6. The molecule has 0 saturated heterocycles. The van der Waals surface area contributed by atoms with E-state index in [9.17, 15) is 15.0 Å². The Bertz CT molecular complexity index is 1060. The Kier molecular flexibility index (Phi) is 7.62. The van der Waals surface area contributed by atoms with Crippen LogP contribution in [0.5, 0.6) is 11.5 Å². The summed E-state index contributed by atoms with van der Waals surface area (Å²) in [6, 6.07) is 4.98. The molecule has 3 unspecified atom stereocenters. The average Bonchev–Trinajstić information content (AvgIpc) is 3.14. The molecule has 1 aromatic carbocycles. The third-order valence-corrected chi connectivity index (χ3v) is 17.3. The van der Waals surface area contributed by atoms with Crippen molar-refractivity contribution in [3.8, 4) is 11.5 Å². The van der Waals surface area contributed by atoms with E-state index in [-0.39, 0.29) is 22.0 Å². The zero-order valence-electron chi connectivity index (χ0n) is 25.7. The number of Topliss-reactive ketones (excluding diaryl/α,β-unsaturated/α-hetero) is 1. The Hall–Kier alpha value is -1.33. The van der Waals surface area contributed by atoms with Gasteiger partial charge in [-0.05, 0) is 134 Å². The first-order valence-electron chi connectivity index (χ1n) is 15.9. The predicted octanol–water partition coefficient (Wildman–Crippen LogP) is 8.65. The van der Waals surface area contributed by atoms with E-state index in [1.807, 2.05) is 0 Å². The van der Waals surface area contributed by atoms with E-state index >= 15 is 0 Å². The number of hydrogen-bond acceptors (Lipinski definition) is 4. The molecular weight excluding hydrogens is 500 g/mol. The number of ketones is 1. The highest BCUT2D eigenvalue weighted by molar-refractivity contribution is 6.74. The van der Waals surface area contributed by atoms with Gasteiger partial charge in [0.15, 0.2) is 8.32 Å². The van der Waals surface area contributed by atoms with Crippen LogP contribution in [0.2, 0.25) is 18.1 Å². The molecule has 4 saturated carbocycles. The second-order valence-electron chi connectivity index (χ2n) is 16.0. The highest BCUT2D eigenvalue weighted by Gasteiger charge is 2.63. The molecule has 8 atom stereocenters. The number of rotatable bonds is 6. The first-order chi connectivity index (χ1) is 18.1. The summed E-state index contributed by atoms with van der Waals surface area (Å²) in [5.41, 5.74) is 1.56. The average molecular weight is 555 g/mol. The van der Waals surface area contributed by atoms with Gasteiger partial charge in [-0.3, -0.25) is 4.79 Å². The monoisotopic (exact) mass is 554 g/mol. The Labute approximate surface area is 238 Å². The molecule has 0 aliphatic heterocycles. The lowest BCUT2D eigenvalue weighted by atomic mass is 9.42. The molecule has 5 rings (SSSR count). The number of phenolic OH excluding ortho intramolecular Hbond substituents is 2. The molecule has 1 aromatic rings. The molecule has 0 amide bonds. The minimum absolute atomic E-state index is 0.140. The lowest BCUT2D eigenvalue weighted by Crippen LogP contribution is -2.58. The minimum atomic E-state index is -1.85. The highest BCUT2D eigenvalue weighted by atomic mass is 28.4. The van der Waals surface area contributed by atoms with Crippen LogP contribution in [0, 0.1) is 40.4 Å². The molecule has 0 spiro atoms. The number of aryl methyl sites for hydroxylation is 1. The molecule has 0 heterocycles. The van der Waals surface area contributed by atoms with Gasteiger partial charge in [0.1, 0.15) is 17.3 Å². The van der Waals surface area contributed by atoms with Crippen molar-refractivity contribution >= 4 is 14.1 Å². The first-order valence-corrected chi connectivity index (χ1v) is 18.8. The predicted molar refractivity (Wildman–Crippen MR) is 160 cm³/mol. The van der Waals surface area contributed by atoms with Crippen LogP contribution < -0.4 is 0 Å². The summed E-state index contributed by atoms with van der Waals surface area (Å²) in [4.78, 5) is 12.6. The van der Waals surface area contributed by atoms with E-state index in [0.29, 0.717) is 46.9 Å². The molecule has 4 aliphatic rings. The summed E-state index contributed by atoms with van der Waals surface area (Å²) in [5.74, 6) is 4.06. The van der Waals surface area contributed by atoms with Crippen LogP contribution >= 0.6 is 0 Å². The van der Waals surface area contributed by atoms with Gasteiger partial charge >= 0.3 is 0 Å². The van der Waals surface area contributed by atoms with Crippen LogP contribution in [-0.2, 0) is 15.6 Å². The lowest BCUT2D eigenvalue weighted by molar-refractivity contribution is -0.155. The van der Waals surface area contributed by atoms with Crippen molar-refractivity contribution in [3.63, 3.8) is 0 Å². The van der Waals surface area contributed by atoms with Gasteiger partial charge in [-0.1, -0.05) is 34.6 Å². The summed E-state index contributed by atoms with van der Waals surface area (Å²) in [5, 5.41) is 20.2. The van der Waals surface area contributed by atoms with Gasteiger partial charge in [-0.25, -0.2) is 0 Å². The number of carbonyl (C=O) groups is 1. The molecule has 5 heteroatoms. The summed E-state index contributed by atoms with van der Waals surface area (Å²) >= 11 is 0. The summed E-state index contributed by atoms with van der Waals surface area (Å²) in [6.45, 7) is 17.0. The summed E-state index contributed by atoms with van der Waals surface area (Å²) < 4.78 is 7.20. The Morgan fingerprint density at radius 3 is 2.31 bits per heavy atom. The molecule has 218 valence electrons. The van der Waals surface area contributed by atoms with Gasteiger partial charge in [0, 0.05) is 18.9 Å². The van der Waals surface area contributed by atoms with Gasteiger partial charge < -0.3 is 14.6 Å². The Morgan fingerprint density at radius 1 is 0.974 bits per heavy atom. The van der Waals surface area contributed by atoms with Crippen LogP contribution in [0.3, 0.4) is 0 Å². The summed E-state index contributed by atoms with van der Waals surface area (Å²) in [6.07, 6.45) is 12.3. The second kappa shape index (κ2) is 10.2. The van der Waals surface area contributed by atoms with Crippen LogP contribution in [-0.4, -0.2) is 30.4 Å². The van der Waals surface area contributed by atoms with Gasteiger partial charge in [0.25, 0.3) is 0 Å². The van der Waals surface area contributed by atoms with Crippen molar-refractivity contribution in [1.29, 1.82) is 0 Å². The molecule has 4 fully saturated rings. The zero-order valence-corrected chi connectivity index (χ0v) is 26.7. The largest absolute Gasteiger partial charge is 0.508 e.